The zero-order chi connectivity index (χ0) is 23.4. The van der Waals surface area contributed by atoms with E-state index in [0.29, 0.717) is 45.2 Å². The average Bonchev–Trinajstić information content (AvgIpc) is 2.78. The van der Waals surface area contributed by atoms with Crippen LogP contribution in [0.4, 0.5) is 5.69 Å². The first-order valence-electron chi connectivity index (χ1n) is 9.82. The summed E-state index contributed by atoms with van der Waals surface area (Å²) in [6.45, 7) is 4.44. The summed E-state index contributed by atoms with van der Waals surface area (Å²) in [5.41, 5.74) is 1.03. The molecule has 0 fully saturated rings. The van der Waals surface area contributed by atoms with Crippen molar-refractivity contribution in [1.82, 2.24) is 9.55 Å². The second kappa shape index (κ2) is 9.82. The molecule has 0 amide bonds. The van der Waals surface area contributed by atoms with Gasteiger partial charge in [-0.05, 0) is 30.2 Å². The number of thioether (sulfide) groups is 1. The molecule has 0 aliphatic heterocycles. The normalized spacial score (nSPS) is 11.0. The van der Waals surface area contributed by atoms with Crippen molar-refractivity contribution in [3.05, 3.63) is 68.0 Å². The van der Waals surface area contributed by atoms with Crippen LogP contribution in [0.15, 0.2) is 46.3 Å². The monoisotopic (exact) mass is 457 g/mol. The summed E-state index contributed by atoms with van der Waals surface area (Å²) in [6.07, 6.45) is 0. The summed E-state index contributed by atoms with van der Waals surface area (Å²) >= 11 is 1.27. The van der Waals surface area contributed by atoms with Gasteiger partial charge in [0.1, 0.15) is 5.75 Å². The smallest absolute Gasteiger partial charge is 0.337 e. The van der Waals surface area contributed by atoms with Crippen LogP contribution in [0.2, 0.25) is 0 Å². The first kappa shape index (κ1) is 23.3. The fourth-order valence-corrected chi connectivity index (χ4v) is 4.20. The molecule has 0 N–H and O–H groups in total. The van der Waals surface area contributed by atoms with Crippen molar-refractivity contribution >= 4 is 34.3 Å². The van der Waals surface area contributed by atoms with Crippen molar-refractivity contribution in [1.29, 1.82) is 0 Å². The summed E-state index contributed by atoms with van der Waals surface area (Å²) in [7, 11) is 2.78. The lowest BCUT2D eigenvalue weighted by molar-refractivity contribution is -0.384. The molecule has 0 saturated heterocycles. The Morgan fingerprint density at radius 2 is 1.97 bits per heavy atom. The number of fused-ring (bicyclic) bond motifs is 1. The van der Waals surface area contributed by atoms with Gasteiger partial charge in [-0.15, -0.1) is 0 Å². The van der Waals surface area contributed by atoms with Gasteiger partial charge < -0.3 is 9.47 Å². The average molecular weight is 458 g/mol. The van der Waals surface area contributed by atoms with Gasteiger partial charge in [0.25, 0.3) is 11.2 Å². The van der Waals surface area contributed by atoms with Crippen LogP contribution in [0.3, 0.4) is 0 Å². The lowest BCUT2D eigenvalue weighted by Gasteiger charge is -2.16. The van der Waals surface area contributed by atoms with Gasteiger partial charge in [0.15, 0.2) is 5.16 Å². The van der Waals surface area contributed by atoms with E-state index in [-0.39, 0.29) is 17.2 Å². The maximum absolute atomic E-state index is 13.2. The number of hydrogen-bond donors (Lipinski definition) is 0. The summed E-state index contributed by atoms with van der Waals surface area (Å²) in [5, 5.41) is 12.0. The second-order valence-electron chi connectivity index (χ2n) is 7.47. The van der Waals surface area contributed by atoms with Crippen LogP contribution in [-0.4, -0.2) is 34.7 Å². The number of methoxy groups -OCH3 is 2. The number of carbonyl (C=O) groups is 1. The highest BCUT2D eigenvalue weighted by Gasteiger charge is 2.17. The minimum absolute atomic E-state index is 0.0461. The standard InChI is InChI=1S/C22H23N3O6S/c1-13(2)11-24-20(26)17-7-5-14(21(27)31-4)10-18(17)23-22(24)32-12-15-9-16(25(28)29)6-8-19(15)30-3/h5-10,13H,11-12H2,1-4H3. The van der Waals surface area contributed by atoms with Crippen LogP contribution in [0.25, 0.3) is 10.9 Å². The molecule has 0 atom stereocenters. The fourth-order valence-electron chi connectivity index (χ4n) is 3.22. The number of ether oxygens (including phenoxy) is 2. The summed E-state index contributed by atoms with van der Waals surface area (Å²) in [4.78, 5) is 40.4. The van der Waals surface area contributed by atoms with Gasteiger partial charge in [-0.1, -0.05) is 25.6 Å². The van der Waals surface area contributed by atoms with E-state index in [4.69, 9.17) is 9.47 Å². The summed E-state index contributed by atoms with van der Waals surface area (Å²) in [6, 6.07) is 9.02. The predicted molar refractivity (Wildman–Crippen MR) is 121 cm³/mol. The molecule has 168 valence electrons. The molecular weight excluding hydrogens is 434 g/mol. The molecule has 0 aliphatic carbocycles. The molecule has 0 bridgehead atoms. The largest absolute Gasteiger partial charge is 0.496 e. The number of nitrogens with zero attached hydrogens (tertiary/aromatic N) is 3. The Hall–Kier alpha value is -3.40. The molecule has 1 aromatic heterocycles. The van der Waals surface area contributed by atoms with E-state index in [2.05, 4.69) is 4.98 Å². The van der Waals surface area contributed by atoms with E-state index >= 15 is 0 Å². The first-order valence-corrected chi connectivity index (χ1v) is 10.8. The molecule has 0 radical (unpaired) electrons. The molecule has 2 aromatic carbocycles. The van der Waals surface area contributed by atoms with E-state index in [9.17, 15) is 19.7 Å². The molecule has 0 saturated carbocycles. The Balaban J connectivity index is 2.07. The van der Waals surface area contributed by atoms with Crippen LogP contribution in [0.5, 0.6) is 5.75 Å². The molecule has 10 heteroatoms. The van der Waals surface area contributed by atoms with E-state index < -0.39 is 10.9 Å². The Morgan fingerprint density at radius 3 is 2.59 bits per heavy atom. The molecule has 9 nitrogen and oxygen atoms in total. The topological polar surface area (TPSA) is 114 Å². The molecule has 1 heterocycles. The molecule has 3 rings (SSSR count). The van der Waals surface area contributed by atoms with E-state index in [1.165, 1.54) is 50.2 Å². The number of hydrogen-bond acceptors (Lipinski definition) is 8. The minimum atomic E-state index is -0.518. The van der Waals surface area contributed by atoms with Gasteiger partial charge in [-0.2, -0.15) is 0 Å². The molecule has 0 aliphatic rings. The molecule has 0 spiro atoms. The van der Waals surface area contributed by atoms with Crippen molar-refractivity contribution in [3.63, 3.8) is 0 Å². The molecule has 0 unspecified atom stereocenters. The van der Waals surface area contributed by atoms with Crippen LogP contribution in [0, 0.1) is 16.0 Å². The number of esters is 1. The van der Waals surface area contributed by atoms with Crippen LogP contribution >= 0.6 is 11.8 Å². The SMILES string of the molecule is COC(=O)c1ccc2c(=O)n(CC(C)C)c(SCc3cc([N+](=O)[O-])ccc3OC)nc2c1. The van der Waals surface area contributed by atoms with Crippen LogP contribution in [-0.2, 0) is 17.0 Å². The van der Waals surface area contributed by atoms with Gasteiger partial charge in [-0.25, -0.2) is 9.78 Å². The Labute approximate surface area is 188 Å². The second-order valence-corrected chi connectivity index (χ2v) is 8.41. The van der Waals surface area contributed by atoms with Crippen LogP contribution in [0.1, 0.15) is 29.8 Å². The van der Waals surface area contributed by atoms with Gasteiger partial charge in [-0.3, -0.25) is 19.5 Å². The fraction of sp³-hybridized carbons (Fsp3) is 0.318. The van der Waals surface area contributed by atoms with Crippen molar-refractivity contribution in [2.75, 3.05) is 14.2 Å². The number of nitro groups is 1. The first-order chi connectivity index (χ1) is 15.2. The van der Waals surface area contributed by atoms with Crippen LogP contribution < -0.4 is 10.3 Å². The molecular formula is C22H23N3O6S. The van der Waals surface area contributed by atoms with E-state index in [0.717, 1.165) is 0 Å². The van der Waals surface area contributed by atoms with Crippen molar-refractivity contribution in [2.45, 2.75) is 31.3 Å². The minimum Gasteiger partial charge on any atom is -0.496 e. The maximum Gasteiger partial charge on any atom is 0.337 e. The number of nitro benzene ring substituents is 1. The summed E-state index contributed by atoms with van der Waals surface area (Å²) in [5.74, 6) is 0.482. The van der Waals surface area contributed by atoms with Crippen molar-refractivity contribution in [3.8, 4) is 5.75 Å². The number of benzene rings is 2. The van der Waals surface area contributed by atoms with Crippen molar-refractivity contribution in [2.24, 2.45) is 5.92 Å². The number of rotatable bonds is 8. The van der Waals surface area contributed by atoms with Gasteiger partial charge >= 0.3 is 5.97 Å². The van der Waals surface area contributed by atoms with Gasteiger partial charge in [0.2, 0.25) is 0 Å². The Kier molecular flexibility index (Phi) is 7.14. The molecule has 32 heavy (non-hydrogen) atoms. The highest BCUT2D eigenvalue weighted by Crippen LogP contribution is 2.30. The van der Waals surface area contributed by atoms with Crippen molar-refractivity contribution < 1.29 is 19.2 Å². The molecule has 3 aromatic rings. The Bertz CT molecular complexity index is 1240. The third-order valence-corrected chi connectivity index (χ3v) is 5.75. The number of aromatic nitrogens is 2. The quantitative estimate of drug-likeness (QED) is 0.164. The van der Waals surface area contributed by atoms with Gasteiger partial charge in [0.05, 0.1) is 35.6 Å². The highest BCUT2D eigenvalue weighted by molar-refractivity contribution is 7.98. The third kappa shape index (κ3) is 4.91. The number of non-ortho nitro benzene ring substituents is 1. The summed E-state index contributed by atoms with van der Waals surface area (Å²) < 4.78 is 11.7. The Morgan fingerprint density at radius 1 is 1.22 bits per heavy atom. The lowest BCUT2D eigenvalue weighted by atomic mass is 10.1. The zero-order valence-corrected chi connectivity index (χ0v) is 19.0. The van der Waals surface area contributed by atoms with E-state index in [1.54, 1.807) is 16.7 Å². The number of carbonyl (C=O) groups excluding carboxylic acids is 1. The van der Waals surface area contributed by atoms with Gasteiger partial charge in [0, 0.05) is 30.0 Å². The zero-order valence-electron chi connectivity index (χ0n) is 18.2. The lowest BCUT2D eigenvalue weighted by Crippen LogP contribution is -2.25. The van der Waals surface area contributed by atoms with E-state index in [1.807, 2.05) is 13.8 Å². The third-order valence-electron chi connectivity index (χ3n) is 4.72. The highest BCUT2D eigenvalue weighted by atomic mass is 32.2. The predicted octanol–water partition coefficient (Wildman–Crippen LogP) is 4.05. The maximum atomic E-state index is 13.2.